The molecule has 72 valence electrons. The fraction of sp³-hybridized carbons (Fsp3) is 0.143. The van der Waals surface area contributed by atoms with Crippen molar-refractivity contribution in [1.29, 1.82) is 0 Å². The van der Waals surface area contributed by atoms with Crippen LogP contribution < -0.4 is 4.18 Å². The first-order chi connectivity index (χ1) is 5.88. The van der Waals surface area contributed by atoms with E-state index < -0.39 is 10.5 Å². The number of aryl methyl sites for hydroxylation is 1. The Morgan fingerprint density at radius 1 is 1.46 bits per heavy atom. The van der Waals surface area contributed by atoms with Crippen LogP contribution in [-0.2, 0) is 10.5 Å². The predicted molar refractivity (Wildman–Crippen MR) is 54.6 cm³/mol. The van der Waals surface area contributed by atoms with E-state index in [1.807, 2.05) is 22.6 Å². The second kappa shape index (κ2) is 3.79. The molecule has 13 heavy (non-hydrogen) atoms. The molecule has 0 radical (unpaired) electrons. The lowest BCUT2D eigenvalue weighted by atomic mass is 10.2. The fourth-order valence-electron chi connectivity index (χ4n) is 0.771. The van der Waals surface area contributed by atoms with E-state index in [2.05, 4.69) is 4.18 Å². The quantitative estimate of drug-likeness (QED) is 0.620. The van der Waals surface area contributed by atoms with E-state index in [0.717, 1.165) is 3.57 Å². The molecule has 0 fully saturated rings. The van der Waals surface area contributed by atoms with Crippen LogP contribution in [0.5, 0.6) is 5.75 Å². The van der Waals surface area contributed by atoms with Crippen LogP contribution in [0.3, 0.4) is 0 Å². The van der Waals surface area contributed by atoms with Gasteiger partial charge in [0.2, 0.25) is 0 Å². The fourth-order valence-corrected chi connectivity index (χ4v) is 1.63. The molecule has 1 rings (SSSR count). The van der Waals surface area contributed by atoms with Gasteiger partial charge in [0.05, 0.1) is 0 Å². The summed E-state index contributed by atoms with van der Waals surface area (Å²) in [7, 11) is -4.92. The first kappa shape index (κ1) is 10.7. The van der Waals surface area contributed by atoms with Crippen LogP contribution in [0, 0.1) is 10.5 Å². The number of hydrogen-bond acceptors (Lipinski definition) is 3. The normalized spacial score (nSPS) is 11.3. The van der Waals surface area contributed by atoms with Gasteiger partial charge in [-0.2, -0.15) is 8.42 Å². The summed E-state index contributed by atoms with van der Waals surface area (Å²) in [6.45, 7) is 1.64. The monoisotopic (exact) mass is 316 g/mol. The minimum atomic E-state index is -4.92. The summed E-state index contributed by atoms with van der Waals surface area (Å²) >= 11 is 1.98. The Morgan fingerprint density at radius 2 is 2.08 bits per heavy atom. The third kappa shape index (κ3) is 3.47. The summed E-state index contributed by atoms with van der Waals surface area (Å²) in [5.74, 6) is 0.0226. The van der Waals surface area contributed by atoms with E-state index in [4.69, 9.17) is 0 Å². The van der Waals surface area contributed by atoms with E-state index >= 15 is 0 Å². The minimum Gasteiger partial charge on any atom is -0.358 e. The Kier molecular flexibility index (Phi) is 3.12. The van der Waals surface area contributed by atoms with Crippen molar-refractivity contribution in [3.8, 4) is 5.75 Å². The molecule has 0 aromatic heterocycles. The number of rotatable bonds is 2. The van der Waals surface area contributed by atoms with Crippen LogP contribution >= 0.6 is 22.6 Å². The molecule has 1 aromatic carbocycles. The third-order valence-corrected chi connectivity index (χ3v) is 2.39. The molecule has 0 heterocycles. The number of benzene rings is 1. The van der Waals surface area contributed by atoms with Gasteiger partial charge in [0, 0.05) is 3.57 Å². The van der Waals surface area contributed by atoms with Crippen LogP contribution in [0.25, 0.3) is 0 Å². The third-order valence-electron chi connectivity index (χ3n) is 1.34. The second-order valence-corrected chi connectivity index (χ2v) is 4.58. The zero-order valence-corrected chi connectivity index (χ0v) is 9.59. The van der Waals surface area contributed by atoms with Gasteiger partial charge in [-0.05, 0) is 47.2 Å². The molecule has 6 heteroatoms. The average molecular weight is 316 g/mol. The molecule has 0 spiro atoms. The van der Waals surface area contributed by atoms with Crippen molar-refractivity contribution in [2.45, 2.75) is 6.92 Å². The zero-order chi connectivity index (χ0) is 10.1. The Labute approximate surface area is 89.5 Å². The number of halogens is 2. The lowest BCUT2D eigenvalue weighted by Gasteiger charge is -2.03. The van der Waals surface area contributed by atoms with Gasteiger partial charge in [0.1, 0.15) is 5.75 Å². The molecule has 3 nitrogen and oxygen atoms in total. The van der Waals surface area contributed by atoms with Crippen LogP contribution in [0.4, 0.5) is 3.89 Å². The van der Waals surface area contributed by atoms with E-state index in [1.165, 1.54) is 6.07 Å². The smallest absolute Gasteiger partial charge is 0.358 e. The minimum absolute atomic E-state index is 0.0226. The van der Waals surface area contributed by atoms with Gasteiger partial charge in [-0.25, -0.2) is 0 Å². The summed E-state index contributed by atoms with van der Waals surface area (Å²) in [5, 5.41) is 0. The SMILES string of the molecule is Cc1ccc(I)cc1OS(=O)(=O)F. The summed E-state index contributed by atoms with van der Waals surface area (Å²) < 4.78 is 37.4. The molecule has 0 bridgehead atoms. The van der Waals surface area contributed by atoms with Crippen molar-refractivity contribution >= 4 is 33.1 Å². The van der Waals surface area contributed by atoms with Crippen molar-refractivity contribution in [2.24, 2.45) is 0 Å². The topological polar surface area (TPSA) is 43.4 Å². The largest absolute Gasteiger partial charge is 0.488 e. The Balaban J connectivity index is 3.08. The Morgan fingerprint density at radius 3 is 2.62 bits per heavy atom. The van der Waals surface area contributed by atoms with E-state index in [0.29, 0.717) is 5.56 Å². The molecule has 0 aliphatic rings. The van der Waals surface area contributed by atoms with E-state index in [-0.39, 0.29) is 5.75 Å². The summed E-state index contributed by atoms with van der Waals surface area (Å²) in [5.41, 5.74) is 0.571. The van der Waals surface area contributed by atoms with Gasteiger partial charge < -0.3 is 4.18 Å². The summed E-state index contributed by atoms with van der Waals surface area (Å²) in [6, 6.07) is 4.88. The maximum absolute atomic E-state index is 12.1. The zero-order valence-electron chi connectivity index (χ0n) is 6.62. The van der Waals surface area contributed by atoms with Crippen LogP contribution in [0.15, 0.2) is 18.2 Å². The molecule has 0 saturated carbocycles. The lowest BCUT2D eigenvalue weighted by molar-refractivity contribution is 0.438. The molecule has 0 aliphatic heterocycles. The standard InChI is InChI=1S/C7H6FIO3S/c1-5-2-3-6(9)4-7(5)12-13(8,10)11/h2-4H,1H3. The van der Waals surface area contributed by atoms with Gasteiger partial charge in [-0.15, -0.1) is 0 Å². The Bertz CT molecular complexity index is 416. The van der Waals surface area contributed by atoms with Crippen LogP contribution in [-0.4, -0.2) is 8.42 Å². The molecule has 0 unspecified atom stereocenters. The van der Waals surface area contributed by atoms with Crippen molar-refractivity contribution in [2.75, 3.05) is 0 Å². The first-order valence-electron chi connectivity index (χ1n) is 3.29. The van der Waals surface area contributed by atoms with Gasteiger partial charge >= 0.3 is 10.5 Å². The maximum Gasteiger partial charge on any atom is 0.488 e. The summed E-state index contributed by atoms with van der Waals surface area (Å²) in [6.07, 6.45) is 0. The van der Waals surface area contributed by atoms with Crippen LogP contribution in [0.1, 0.15) is 5.56 Å². The van der Waals surface area contributed by atoms with Crippen molar-refractivity contribution < 1.29 is 16.5 Å². The second-order valence-electron chi connectivity index (χ2n) is 2.39. The highest BCUT2D eigenvalue weighted by Gasteiger charge is 2.11. The van der Waals surface area contributed by atoms with Crippen molar-refractivity contribution in [3.05, 3.63) is 27.3 Å². The first-order valence-corrected chi connectivity index (χ1v) is 5.67. The van der Waals surface area contributed by atoms with Crippen molar-refractivity contribution in [1.82, 2.24) is 0 Å². The average Bonchev–Trinajstić information content (AvgIpc) is 1.94. The maximum atomic E-state index is 12.1. The highest BCUT2D eigenvalue weighted by molar-refractivity contribution is 14.1. The number of hydrogen-bond donors (Lipinski definition) is 0. The van der Waals surface area contributed by atoms with Gasteiger partial charge in [-0.3, -0.25) is 0 Å². The molecule has 0 saturated heterocycles. The molecule has 0 amide bonds. The molecular formula is C7H6FIO3S. The lowest BCUT2D eigenvalue weighted by Crippen LogP contribution is -2.02. The van der Waals surface area contributed by atoms with Crippen LogP contribution in [0.2, 0.25) is 0 Å². The van der Waals surface area contributed by atoms with E-state index in [1.54, 1.807) is 19.1 Å². The predicted octanol–water partition coefficient (Wildman–Crippen LogP) is 2.19. The van der Waals surface area contributed by atoms with Gasteiger partial charge in [-0.1, -0.05) is 9.95 Å². The molecule has 0 N–H and O–H groups in total. The highest BCUT2D eigenvalue weighted by atomic mass is 127. The molecule has 0 aliphatic carbocycles. The van der Waals surface area contributed by atoms with Gasteiger partial charge in [0.25, 0.3) is 0 Å². The summed E-state index contributed by atoms with van der Waals surface area (Å²) in [4.78, 5) is 0. The van der Waals surface area contributed by atoms with Crippen molar-refractivity contribution in [3.63, 3.8) is 0 Å². The Hall–Kier alpha value is -0.370. The highest BCUT2D eigenvalue weighted by Crippen LogP contribution is 2.22. The molecule has 1 aromatic rings. The van der Waals surface area contributed by atoms with E-state index in [9.17, 15) is 12.3 Å². The molecule has 0 atom stereocenters. The van der Waals surface area contributed by atoms with Gasteiger partial charge in [0.15, 0.2) is 0 Å². The molecular weight excluding hydrogens is 310 g/mol.